The molecule has 0 unspecified atom stereocenters. The summed E-state index contributed by atoms with van der Waals surface area (Å²) in [6.07, 6.45) is 3.97. The lowest BCUT2D eigenvalue weighted by atomic mass is 10.1. The fourth-order valence-corrected chi connectivity index (χ4v) is 3.81. The Bertz CT molecular complexity index is 878. The Morgan fingerprint density at radius 2 is 2.22 bits per heavy atom. The van der Waals surface area contributed by atoms with Crippen molar-refractivity contribution < 1.29 is 4.79 Å². The van der Waals surface area contributed by atoms with Crippen molar-refractivity contribution in [2.24, 2.45) is 0 Å². The van der Waals surface area contributed by atoms with Crippen molar-refractivity contribution in [3.8, 4) is 0 Å². The Labute approximate surface area is 137 Å². The molecule has 0 radical (unpaired) electrons. The molecule has 1 aliphatic heterocycles. The van der Waals surface area contributed by atoms with Crippen LogP contribution in [0.15, 0.2) is 41.9 Å². The molecule has 1 amide bonds. The van der Waals surface area contributed by atoms with Gasteiger partial charge in [0.2, 0.25) is 5.91 Å². The lowest BCUT2D eigenvalue weighted by molar-refractivity contribution is -0.116. The van der Waals surface area contributed by atoms with Gasteiger partial charge in [0.25, 0.3) is 0 Å². The third-order valence-corrected chi connectivity index (χ3v) is 4.97. The summed E-state index contributed by atoms with van der Waals surface area (Å²) >= 11 is 1.41. The van der Waals surface area contributed by atoms with E-state index in [4.69, 9.17) is 0 Å². The predicted octanol–water partition coefficient (Wildman–Crippen LogP) is 2.42. The van der Waals surface area contributed by atoms with Crippen molar-refractivity contribution in [1.29, 1.82) is 0 Å². The van der Waals surface area contributed by atoms with E-state index in [2.05, 4.69) is 32.9 Å². The summed E-state index contributed by atoms with van der Waals surface area (Å²) in [5, 5.41) is 0.751. The SMILES string of the molecule is C[C@@H]1Cc2ccccc2N1C(=O)CSc1ncnc2nc[nH]c12. The summed E-state index contributed by atoms with van der Waals surface area (Å²) in [6, 6.07) is 8.29. The summed E-state index contributed by atoms with van der Waals surface area (Å²) in [5.74, 6) is 0.433. The third kappa shape index (κ3) is 2.46. The number of nitrogens with zero attached hydrogens (tertiary/aromatic N) is 4. The predicted molar refractivity (Wildman–Crippen MR) is 89.5 cm³/mol. The molecule has 6 nitrogen and oxygen atoms in total. The van der Waals surface area contributed by atoms with Crippen LogP contribution in [0.5, 0.6) is 0 Å². The number of aromatic amines is 1. The third-order valence-electron chi connectivity index (χ3n) is 4.00. The summed E-state index contributed by atoms with van der Waals surface area (Å²) in [7, 11) is 0. The number of H-pyrrole nitrogens is 1. The van der Waals surface area contributed by atoms with Crippen LogP contribution in [-0.4, -0.2) is 37.6 Å². The number of anilines is 1. The number of rotatable bonds is 3. The first-order valence-corrected chi connectivity index (χ1v) is 8.39. The van der Waals surface area contributed by atoms with Crippen LogP contribution >= 0.6 is 11.8 Å². The molecule has 2 aromatic heterocycles. The zero-order valence-corrected chi connectivity index (χ0v) is 13.4. The van der Waals surface area contributed by atoms with E-state index < -0.39 is 0 Å². The number of amides is 1. The molecular weight excluding hydrogens is 310 g/mol. The summed E-state index contributed by atoms with van der Waals surface area (Å²) in [6.45, 7) is 2.08. The van der Waals surface area contributed by atoms with E-state index in [0.29, 0.717) is 11.4 Å². The Morgan fingerprint density at radius 3 is 3.13 bits per heavy atom. The fourth-order valence-electron chi connectivity index (χ4n) is 3.00. The van der Waals surface area contributed by atoms with Crippen LogP contribution < -0.4 is 4.90 Å². The van der Waals surface area contributed by atoms with Gasteiger partial charge in [-0.25, -0.2) is 15.0 Å². The molecule has 3 heterocycles. The van der Waals surface area contributed by atoms with Gasteiger partial charge in [-0.2, -0.15) is 0 Å². The molecule has 4 rings (SSSR count). The zero-order valence-electron chi connectivity index (χ0n) is 12.6. The van der Waals surface area contributed by atoms with Crippen LogP contribution in [0.3, 0.4) is 0 Å². The quantitative estimate of drug-likeness (QED) is 0.591. The maximum absolute atomic E-state index is 12.7. The number of carbonyl (C=O) groups excluding carboxylic acids is 1. The summed E-state index contributed by atoms with van der Waals surface area (Å²) in [5.41, 5.74) is 3.66. The molecule has 0 bridgehead atoms. The number of benzene rings is 1. The largest absolute Gasteiger partial charge is 0.341 e. The molecule has 23 heavy (non-hydrogen) atoms. The fraction of sp³-hybridized carbons (Fsp3) is 0.250. The minimum Gasteiger partial charge on any atom is -0.341 e. The first-order valence-electron chi connectivity index (χ1n) is 7.41. The van der Waals surface area contributed by atoms with Crippen molar-refractivity contribution in [2.45, 2.75) is 24.4 Å². The minimum absolute atomic E-state index is 0.0960. The number of para-hydroxylation sites is 1. The van der Waals surface area contributed by atoms with Crippen LogP contribution in [0.1, 0.15) is 12.5 Å². The van der Waals surface area contributed by atoms with E-state index in [-0.39, 0.29) is 11.9 Å². The molecular formula is C16H15N5OS. The van der Waals surface area contributed by atoms with Crippen molar-refractivity contribution in [1.82, 2.24) is 19.9 Å². The lowest BCUT2D eigenvalue weighted by Crippen LogP contribution is -2.37. The molecule has 0 fully saturated rings. The van der Waals surface area contributed by atoms with Crippen molar-refractivity contribution >= 4 is 34.5 Å². The van der Waals surface area contributed by atoms with Gasteiger partial charge in [-0.05, 0) is 25.0 Å². The van der Waals surface area contributed by atoms with E-state index in [1.54, 1.807) is 6.33 Å². The van der Waals surface area contributed by atoms with Crippen molar-refractivity contribution in [2.75, 3.05) is 10.7 Å². The van der Waals surface area contributed by atoms with Crippen LogP contribution in [0.25, 0.3) is 11.2 Å². The number of hydrogen-bond donors (Lipinski definition) is 1. The molecule has 1 aliphatic rings. The molecule has 0 saturated heterocycles. The van der Waals surface area contributed by atoms with Gasteiger partial charge in [0.1, 0.15) is 16.9 Å². The normalized spacial score (nSPS) is 16.7. The van der Waals surface area contributed by atoms with Crippen LogP contribution in [0.2, 0.25) is 0 Å². The smallest absolute Gasteiger partial charge is 0.237 e. The van der Waals surface area contributed by atoms with Gasteiger partial charge in [-0.15, -0.1) is 0 Å². The number of thioether (sulfide) groups is 1. The second-order valence-electron chi connectivity index (χ2n) is 5.51. The van der Waals surface area contributed by atoms with Gasteiger partial charge >= 0.3 is 0 Å². The average Bonchev–Trinajstić information content (AvgIpc) is 3.15. The molecule has 1 atom stereocenters. The summed E-state index contributed by atoms with van der Waals surface area (Å²) in [4.78, 5) is 30.1. The Morgan fingerprint density at radius 1 is 1.35 bits per heavy atom. The van der Waals surface area contributed by atoms with Gasteiger partial charge in [0.15, 0.2) is 5.65 Å². The molecule has 0 saturated carbocycles. The first-order chi connectivity index (χ1) is 11.2. The standard InChI is InChI=1S/C16H15N5OS/c1-10-6-11-4-2-3-5-12(11)21(10)13(22)7-23-16-14-15(18-8-17-14)19-9-20-16/h2-5,8-10H,6-7H2,1H3,(H,17,18,19,20)/t10-/m1/s1. The second-order valence-corrected chi connectivity index (χ2v) is 6.48. The monoisotopic (exact) mass is 325 g/mol. The second kappa shape index (κ2) is 5.66. The summed E-state index contributed by atoms with van der Waals surface area (Å²) < 4.78 is 0. The molecule has 3 aromatic rings. The van der Waals surface area contributed by atoms with E-state index in [9.17, 15) is 4.79 Å². The number of aromatic nitrogens is 4. The van der Waals surface area contributed by atoms with Gasteiger partial charge < -0.3 is 9.88 Å². The Kier molecular flexibility index (Phi) is 3.49. The number of imidazole rings is 1. The van der Waals surface area contributed by atoms with E-state index in [0.717, 1.165) is 22.7 Å². The maximum Gasteiger partial charge on any atom is 0.237 e. The van der Waals surface area contributed by atoms with E-state index in [1.807, 2.05) is 23.1 Å². The number of carbonyl (C=O) groups is 1. The van der Waals surface area contributed by atoms with Crippen molar-refractivity contribution in [3.63, 3.8) is 0 Å². The van der Waals surface area contributed by atoms with Gasteiger partial charge in [-0.1, -0.05) is 30.0 Å². The molecule has 116 valence electrons. The Balaban J connectivity index is 1.54. The molecule has 1 aromatic carbocycles. The highest BCUT2D eigenvalue weighted by Gasteiger charge is 2.30. The Hall–Kier alpha value is -2.41. The highest BCUT2D eigenvalue weighted by atomic mass is 32.2. The average molecular weight is 325 g/mol. The van der Waals surface area contributed by atoms with Gasteiger partial charge in [0, 0.05) is 11.7 Å². The molecule has 0 aliphatic carbocycles. The van der Waals surface area contributed by atoms with Crippen LogP contribution in [0.4, 0.5) is 5.69 Å². The first kappa shape index (κ1) is 14.2. The maximum atomic E-state index is 12.7. The highest BCUT2D eigenvalue weighted by molar-refractivity contribution is 8.00. The topological polar surface area (TPSA) is 74.8 Å². The number of fused-ring (bicyclic) bond motifs is 2. The molecule has 0 spiro atoms. The number of nitrogens with one attached hydrogen (secondary N) is 1. The molecule has 1 N–H and O–H groups in total. The highest BCUT2D eigenvalue weighted by Crippen LogP contribution is 2.33. The van der Waals surface area contributed by atoms with Gasteiger partial charge in [0.05, 0.1) is 12.1 Å². The molecule has 7 heteroatoms. The van der Waals surface area contributed by atoms with Crippen LogP contribution in [0, 0.1) is 0 Å². The van der Waals surface area contributed by atoms with Crippen LogP contribution in [-0.2, 0) is 11.2 Å². The lowest BCUT2D eigenvalue weighted by Gasteiger charge is -2.22. The van der Waals surface area contributed by atoms with E-state index in [1.165, 1.54) is 23.7 Å². The van der Waals surface area contributed by atoms with Crippen molar-refractivity contribution in [3.05, 3.63) is 42.5 Å². The minimum atomic E-state index is 0.0960. The number of hydrogen-bond acceptors (Lipinski definition) is 5. The van der Waals surface area contributed by atoms with E-state index >= 15 is 0 Å². The zero-order chi connectivity index (χ0) is 15.8. The van der Waals surface area contributed by atoms with Gasteiger partial charge in [-0.3, -0.25) is 4.79 Å².